The number of carbonyl (C=O) groups excluding carboxylic acids is 3. The van der Waals surface area contributed by atoms with Crippen molar-refractivity contribution in [1.82, 2.24) is 20.1 Å². The van der Waals surface area contributed by atoms with Crippen LogP contribution in [0.1, 0.15) is 20.3 Å². The second kappa shape index (κ2) is 7.66. The Morgan fingerprint density at radius 1 is 1.43 bits per heavy atom. The molecular weight excluding hydrogens is 422 g/mol. The molecule has 1 aromatic rings. The normalized spacial score (nSPS) is 26.6. The van der Waals surface area contributed by atoms with Gasteiger partial charge in [-0.05, 0) is 13.8 Å². The number of hydrogen-bond acceptors (Lipinski definition) is 8. The summed E-state index contributed by atoms with van der Waals surface area (Å²) in [5, 5.41) is 14.9. The first-order chi connectivity index (χ1) is 14.0. The number of nitrogens with zero attached hydrogens (tertiary/aromatic N) is 4. The summed E-state index contributed by atoms with van der Waals surface area (Å²) in [6.07, 6.45) is 2.57. The Labute approximate surface area is 171 Å². The highest BCUT2D eigenvalue weighted by molar-refractivity contribution is 7.93. The zero-order chi connectivity index (χ0) is 22.3. The van der Waals surface area contributed by atoms with Crippen molar-refractivity contribution in [2.75, 3.05) is 13.2 Å². The van der Waals surface area contributed by atoms with Gasteiger partial charge >= 0.3 is 11.9 Å². The van der Waals surface area contributed by atoms with Gasteiger partial charge in [0.25, 0.3) is 5.91 Å². The number of ether oxygens (including phenoxy) is 1. The quantitative estimate of drug-likeness (QED) is 0.242. The van der Waals surface area contributed by atoms with Crippen molar-refractivity contribution in [2.45, 2.75) is 49.5 Å². The summed E-state index contributed by atoms with van der Waals surface area (Å²) in [4.78, 5) is 47.7. The number of β-lactam (4-membered cyclic amide) rings is 1. The van der Waals surface area contributed by atoms with Crippen LogP contribution in [0.3, 0.4) is 0 Å². The van der Waals surface area contributed by atoms with Crippen LogP contribution < -0.4 is 10.00 Å². The monoisotopic (exact) mass is 444 g/mol. The summed E-state index contributed by atoms with van der Waals surface area (Å²) in [5.41, 5.74) is 0. The van der Waals surface area contributed by atoms with Crippen molar-refractivity contribution in [2.24, 2.45) is 0 Å². The lowest BCUT2D eigenvalue weighted by Crippen LogP contribution is -2.58. The topological polar surface area (TPSA) is 169 Å². The van der Waals surface area contributed by atoms with Crippen LogP contribution in [0.25, 0.3) is 0 Å². The number of nitrogens with one attached hydrogen (secondary N) is 1. The van der Waals surface area contributed by atoms with Crippen LogP contribution in [0.5, 0.6) is 0 Å². The van der Waals surface area contributed by atoms with Crippen LogP contribution >= 0.6 is 0 Å². The molecule has 1 aromatic heterocycles. The van der Waals surface area contributed by atoms with E-state index in [1.54, 1.807) is 6.92 Å². The average molecular weight is 444 g/mol. The van der Waals surface area contributed by atoms with Gasteiger partial charge in [-0.15, -0.1) is 9.36 Å². The van der Waals surface area contributed by atoms with Gasteiger partial charge in [-0.25, -0.2) is 13.2 Å². The number of aromatic nitrogens is 3. The van der Waals surface area contributed by atoms with Gasteiger partial charge in [0, 0.05) is 0 Å². The molecule has 0 aliphatic carbocycles. The second-order valence-corrected chi connectivity index (χ2v) is 9.79. The lowest BCUT2D eigenvalue weighted by atomic mass is 9.96. The Morgan fingerprint density at radius 3 is 2.73 bits per heavy atom. The van der Waals surface area contributed by atoms with Crippen LogP contribution in [-0.4, -0.2) is 81.4 Å². The highest BCUT2D eigenvalue weighted by Crippen LogP contribution is 2.46. The van der Waals surface area contributed by atoms with Crippen LogP contribution in [0.4, 0.5) is 0 Å². The van der Waals surface area contributed by atoms with Crippen molar-refractivity contribution >= 4 is 33.6 Å². The molecule has 0 unspecified atom stereocenters. The third-order valence-electron chi connectivity index (χ3n) is 5.20. The van der Waals surface area contributed by atoms with Gasteiger partial charge in [0.2, 0.25) is 5.91 Å². The van der Waals surface area contributed by atoms with Crippen molar-refractivity contribution in [3.63, 3.8) is 0 Å². The standard InChI is InChI=1S/C16H21N5O8S/c1-3-29-13(24)7-17-10(22)8-19-4-5-20(18-19)9-16(2)14(15(25)26)21-11(23)6-12(21)30(16,27)28/h4-5,12,14H,3,6-9H2,1-2H3,(H-,17,22,25,26)/p+1/t12-,14-,16-/m1/s1. The summed E-state index contributed by atoms with van der Waals surface area (Å²) in [6.45, 7) is 2.26. The fourth-order valence-corrected chi connectivity index (χ4v) is 6.08. The van der Waals surface area contributed by atoms with E-state index in [1.807, 2.05) is 0 Å². The summed E-state index contributed by atoms with van der Waals surface area (Å²) in [5.74, 6) is -3.03. The van der Waals surface area contributed by atoms with Crippen LogP contribution in [0, 0.1) is 0 Å². The Bertz CT molecular complexity index is 1010. The SMILES string of the molecule is CCOC(=O)CNC(=O)C[n+]1ccn(C[C@]2(C)[C@@H](C(=O)O)N3C(=O)C[C@H]3S2(=O)=O)n1. The molecule has 3 heterocycles. The molecule has 14 heteroatoms. The number of carboxylic acid groups (broad SMARTS) is 1. The summed E-state index contributed by atoms with van der Waals surface area (Å²) < 4.78 is 31.2. The second-order valence-electron chi connectivity index (χ2n) is 7.22. The number of fused-ring (bicyclic) bond motifs is 1. The molecular formula is C16H22N5O8S+. The predicted molar refractivity (Wildman–Crippen MR) is 96.1 cm³/mol. The first-order valence-corrected chi connectivity index (χ1v) is 10.7. The number of aliphatic carboxylic acids is 1. The molecule has 0 radical (unpaired) electrons. The summed E-state index contributed by atoms with van der Waals surface area (Å²) in [6, 6.07) is -1.53. The lowest BCUT2D eigenvalue weighted by molar-refractivity contribution is -0.743. The number of amides is 2. The van der Waals surface area contributed by atoms with E-state index in [9.17, 15) is 32.7 Å². The molecule has 0 aromatic carbocycles. The predicted octanol–water partition coefficient (Wildman–Crippen LogP) is -2.95. The number of rotatable bonds is 8. The van der Waals surface area contributed by atoms with Gasteiger partial charge in [0.05, 0.1) is 18.2 Å². The summed E-state index contributed by atoms with van der Waals surface area (Å²) in [7, 11) is -3.97. The fraction of sp³-hybridized carbons (Fsp3) is 0.625. The Balaban J connectivity index is 1.71. The fourth-order valence-electron chi connectivity index (χ4n) is 3.73. The lowest BCUT2D eigenvalue weighted by Gasteiger charge is -2.35. The van der Waals surface area contributed by atoms with Crippen molar-refractivity contribution in [3.05, 3.63) is 12.4 Å². The third-order valence-corrected chi connectivity index (χ3v) is 7.97. The number of hydrogen-bond donors (Lipinski definition) is 2. The number of carbonyl (C=O) groups is 4. The van der Waals surface area contributed by atoms with Crippen molar-refractivity contribution in [1.29, 1.82) is 0 Å². The molecule has 0 bridgehead atoms. The van der Waals surface area contributed by atoms with Crippen LogP contribution in [0.15, 0.2) is 12.4 Å². The number of carboxylic acids is 1. The maximum Gasteiger partial charge on any atom is 0.328 e. The van der Waals surface area contributed by atoms with E-state index in [2.05, 4.69) is 10.5 Å². The van der Waals surface area contributed by atoms with Gasteiger partial charge in [0.15, 0.2) is 34.8 Å². The molecule has 13 nitrogen and oxygen atoms in total. The molecule has 0 saturated carbocycles. The number of sulfone groups is 1. The molecule has 2 aliphatic rings. The van der Waals surface area contributed by atoms with Gasteiger partial charge in [-0.2, -0.15) is 0 Å². The molecule has 30 heavy (non-hydrogen) atoms. The van der Waals surface area contributed by atoms with Crippen molar-refractivity contribution < 1.29 is 42.1 Å². The van der Waals surface area contributed by atoms with E-state index < -0.39 is 49.8 Å². The minimum Gasteiger partial charge on any atom is -0.480 e. The highest BCUT2D eigenvalue weighted by Gasteiger charge is 2.71. The zero-order valence-corrected chi connectivity index (χ0v) is 17.2. The molecule has 2 aliphatic heterocycles. The van der Waals surface area contributed by atoms with Gasteiger partial charge < -0.3 is 20.1 Å². The molecule has 3 rings (SSSR count). The van der Waals surface area contributed by atoms with Crippen molar-refractivity contribution in [3.8, 4) is 0 Å². The van der Waals surface area contributed by atoms with E-state index in [-0.39, 0.29) is 32.7 Å². The molecule has 164 valence electrons. The molecule has 2 amide bonds. The number of esters is 1. The Kier molecular flexibility index (Phi) is 5.54. The Morgan fingerprint density at radius 2 is 2.13 bits per heavy atom. The highest BCUT2D eigenvalue weighted by atomic mass is 32.2. The molecule has 2 saturated heterocycles. The first kappa shape index (κ1) is 21.7. The van der Waals surface area contributed by atoms with Crippen LogP contribution in [-0.2, 0) is 46.8 Å². The maximum atomic E-state index is 12.9. The van der Waals surface area contributed by atoms with Crippen LogP contribution in [0.2, 0.25) is 0 Å². The first-order valence-electron chi connectivity index (χ1n) is 9.14. The van der Waals surface area contributed by atoms with E-state index >= 15 is 0 Å². The molecule has 2 fully saturated rings. The molecule has 0 spiro atoms. The van der Waals surface area contributed by atoms with Gasteiger partial charge in [0.1, 0.15) is 23.2 Å². The zero-order valence-electron chi connectivity index (χ0n) is 16.3. The smallest absolute Gasteiger partial charge is 0.328 e. The van der Waals surface area contributed by atoms with E-state index in [1.165, 1.54) is 28.7 Å². The van der Waals surface area contributed by atoms with E-state index in [4.69, 9.17) is 4.74 Å². The molecule has 3 atom stereocenters. The average Bonchev–Trinajstić information content (AvgIpc) is 3.12. The largest absolute Gasteiger partial charge is 0.480 e. The minimum absolute atomic E-state index is 0.191. The maximum absolute atomic E-state index is 12.9. The van der Waals surface area contributed by atoms with Gasteiger partial charge in [-0.1, -0.05) is 0 Å². The van der Waals surface area contributed by atoms with E-state index in [0.29, 0.717) is 0 Å². The Hall–Kier alpha value is -3.03. The summed E-state index contributed by atoms with van der Waals surface area (Å²) >= 11 is 0. The third kappa shape index (κ3) is 3.51. The molecule has 2 N–H and O–H groups in total. The minimum atomic E-state index is -3.97. The van der Waals surface area contributed by atoms with Gasteiger partial charge in [-0.3, -0.25) is 14.4 Å². The van der Waals surface area contributed by atoms with E-state index in [0.717, 1.165) is 4.90 Å².